The van der Waals surface area contributed by atoms with Crippen molar-refractivity contribution >= 4 is 0 Å². The highest BCUT2D eigenvalue weighted by atomic mass is 15.1. The topological polar surface area (TPSA) is 55.0 Å². The molecule has 4 heteroatoms. The predicted molar refractivity (Wildman–Crippen MR) is 50.0 cm³/mol. The van der Waals surface area contributed by atoms with E-state index in [1.807, 2.05) is 6.20 Å². The van der Waals surface area contributed by atoms with Crippen LogP contribution < -0.4 is 5.73 Å². The zero-order valence-electron chi connectivity index (χ0n) is 7.82. The Kier molecular flexibility index (Phi) is 2.24. The number of rotatable bonds is 1. The van der Waals surface area contributed by atoms with Gasteiger partial charge in [0.15, 0.2) is 0 Å². The first kappa shape index (κ1) is 8.59. The monoisotopic (exact) mass is 178 g/mol. The molecule has 1 aromatic heterocycles. The molecule has 2 N–H and O–H groups in total. The van der Waals surface area contributed by atoms with Crippen molar-refractivity contribution in [3.8, 4) is 0 Å². The van der Waals surface area contributed by atoms with E-state index in [4.69, 9.17) is 5.73 Å². The number of fused-ring (bicyclic) bond motifs is 1. The first-order valence-electron chi connectivity index (χ1n) is 4.52. The largest absolute Gasteiger partial charge is 0.324 e. The van der Waals surface area contributed by atoms with Crippen molar-refractivity contribution < 1.29 is 0 Å². The molecule has 0 unspecified atom stereocenters. The molecule has 1 aliphatic heterocycles. The second-order valence-electron chi connectivity index (χ2n) is 3.45. The third-order valence-corrected chi connectivity index (χ3v) is 2.36. The Hall–Kier alpha value is -1.00. The van der Waals surface area contributed by atoms with Crippen molar-refractivity contribution in [1.29, 1.82) is 0 Å². The maximum absolute atomic E-state index is 5.47. The zero-order valence-corrected chi connectivity index (χ0v) is 7.82. The summed E-state index contributed by atoms with van der Waals surface area (Å²) < 4.78 is 0. The SMILES string of the molecule is CN1CCc2nc(CN)ncc2C1. The second-order valence-corrected chi connectivity index (χ2v) is 3.45. The molecule has 0 atom stereocenters. The van der Waals surface area contributed by atoms with Crippen LogP contribution in [0.5, 0.6) is 0 Å². The summed E-state index contributed by atoms with van der Waals surface area (Å²) in [6, 6.07) is 0. The van der Waals surface area contributed by atoms with Crippen molar-refractivity contribution in [2.45, 2.75) is 19.5 Å². The van der Waals surface area contributed by atoms with E-state index in [-0.39, 0.29) is 0 Å². The van der Waals surface area contributed by atoms with Gasteiger partial charge in [-0.25, -0.2) is 9.97 Å². The summed E-state index contributed by atoms with van der Waals surface area (Å²) in [5, 5.41) is 0. The molecule has 0 aliphatic carbocycles. The zero-order chi connectivity index (χ0) is 9.26. The lowest BCUT2D eigenvalue weighted by Crippen LogP contribution is -2.28. The van der Waals surface area contributed by atoms with E-state index in [2.05, 4.69) is 21.9 Å². The van der Waals surface area contributed by atoms with Crippen LogP contribution in [0.25, 0.3) is 0 Å². The molecule has 2 heterocycles. The van der Waals surface area contributed by atoms with Gasteiger partial charge in [-0.15, -0.1) is 0 Å². The molecule has 4 nitrogen and oxygen atoms in total. The maximum atomic E-state index is 5.47. The van der Waals surface area contributed by atoms with E-state index in [0.29, 0.717) is 6.54 Å². The van der Waals surface area contributed by atoms with Gasteiger partial charge in [0.1, 0.15) is 5.82 Å². The van der Waals surface area contributed by atoms with Gasteiger partial charge in [0, 0.05) is 37.0 Å². The van der Waals surface area contributed by atoms with Gasteiger partial charge in [-0.1, -0.05) is 0 Å². The Morgan fingerprint density at radius 1 is 1.62 bits per heavy atom. The van der Waals surface area contributed by atoms with Crippen LogP contribution in [-0.4, -0.2) is 28.5 Å². The van der Waals surface area contributed by atoms with E-state index >= 15 is 0 Å². The summed E-state index contributed by atoms with van der Waals surface area (Å²) in [6.07, 6.45) is 2.92. The van der Waals surface area contributed by atoms with Crippen LogP contribution in [0.4, 0.5) is 0 Å². The predicted octanol–water partition coefficient (Wildman–Crippen LogP) is -0.0768. The average Bonchev–Trinajstić information content (AvgIpc) is 2.17. The quantitative estimate of drug-likeness (QED) is 0.653. The maximum Gasteiger partial charge on any atom is 0.142 e. The normalized spacial score (nSPS) is 17.1. The summed E-state index contributed by atoms with van der Waals surface area (Å²) >= 11 is 0. The van der Waals surface area contributed by atoms with Crippen LogP contribution in [0, 0.1) is 0 Å². The first-order chi connectivity index (χ1) is 6.29. The van der Waals surface area contributed by atoms with Crippen LogP contribution >= 0.6 is 0 Å². The minimum Gasteiger partial charge on any atom is -0.324 e. The van der Waals surface area contributed by atoms with Gasteiger partial charge in [-0.05, 0) is 7.05 Å². The highest BCUT2D eigenvalue weighted by Crippen LogP contribution is 2.14. The number of nitrogens with two attached hydrogens (primary N) is 1. The smallest absolute Gasteiger partial charge is 0.142 e. The van der Waals surface area contributed by atoms with Gasteiger partial charge >= 0.3 is 0 Å². The molecule has 0 aromatic carbocycles. The third kappa shape index (κ3) is 1.68. The number of hydrogen-bond acceptors (Lipinski definition) is 4. The number of aromatic nitrogens is 2. The van der Waals surface area contributed by atoms with Crippen LogP contribution in [0.1, 0.15) is 17.1 Å². The highest BCUT2D eigenvalue weighted by Gasteiger charge is 2.14. The number of nitrogens with zero attached hydrogens (tertiary/aromatic N) is 3. The molecular weight excluding hydrogens is 164 g/mol. The molecule has 70 valence electrons. The van der Waals surface area contributed by atoms with Crippen molar-refractivity contribution in [3.63, 3.8) is 0 Å². The standard InChI is InChI=1S/C9H14N4/c1-13-3-2-8-7(6-13)5-11-9(4-10)12-8/h5H,2-4,6,10H2,1H3. The molecule has 0 saturated heterocycles. The van der Waals surface area contributed by atoms with Crippen LogP contribution in [0.15, 0.2) is 6.20 Å². The highest BCUT2D eigenvalue weighted by molar-refractivity contribution is 5.20. The fourth-order valence-electron chi connectivity index (χ4n) is 1.60. The summed E-state index contributed by atoms with van der Waals surface area (Å²) in [6.45, 7) is 2.47. The van der Waals surface area contributed by atoms with Crippen LogP contribution in [-0.2, 0) is 19.5 Å². The Bertz CT molecular complexity index is 310. The van der Waals surface area contributed by atoms with Gasteiger partial charge in [-0.2, -0.15) is 0 Å². The molecular formula is C9H14N4. The second kappa shape index (κ2) is 3.40. The lowest BCUT2D eigenvalue weighted by atomic mass is 10.1. The fourth-order valence-corrected chi connectivity index (χ4v) is 1.60. The summed E-state index contributed by atoms with van der Waals surface area (Å²) in [7, 11) is 2.11. The molecule has 1 aromatic rings. The molecule has 0 amide bonds. The van der Waals surface area contributed by atoms with Crippen molar-refractivity contribution in [2.75, 3.05) is 13.6 Å². The lowest BCUT2D eigenvalue weighted by molar-refractivity contribution is 0.308. The third-order valence-electron chi connectivity index (χ3n) is 2.36. The van der Waals surface area contributed by atoms with Gasteiger partial charge in [0.05, 0.1) is 6.54 Å². The molecule has 13 heavy (non-hydrogen) atoms. The van der Waals surface area contributed by atoms with E-state index in [1.165, 1.54) is 11.3 Å². The molecule has 0 spiro atoms. The molecule has 0 fully saturated rings. The minimum atomic E-state index is 0.434. The number of hydrogen-bond donors (Lipinski definition) is 1. The van der Waals surface area contributed by atoms with Gasteiger partial charge in [0.2, 0.25) is 0 Å². The van der Waals surface area contributed by atoms with Crippen LogP contribution in [0.2, 0.25) is 0 Å². The van der Waals surface area contributed by atoms with Gasteiger partial charge in [-0.3, -0.25) is 0 Å². The number of likely N-dealkylation sites (N-methyl/N-ethyl adjacent to an activating group) is 1. The minimum absolute atomic E-state index is 0.434. The molecule has 0 bridgehead atoms. The van der Waals surface area contributed by atoms with E-state index < -0.39 is 0 Å². The fraction of sp³-hybridized carbons (Fsp3) is 0.556. The summed E-state index contributed by atoms with van der Waals surface area (Å²) in [5.74, 6) is 0.753. The van der Waals surface area contributed by atoms with Gasteiger partial charge < -0.3 is 10.6 Å². The average molecular weight is 178 g/mol. The lowest BCUT2D eigenvalue weighted by Gasteiger charge is -2.23. The summed E-state index contributed by atoms with van der Waals surface area (Å²) in [5.41, 5.74) is 7.89. The summed E-state index contributed by atoms with van der Waals surface area (Å²) in [4.78, 5) is 10.9. The Balaban J connectivity index is 2.31. The van der Waals surface area contributed by atoms with Crippen molar-refractivity contribution in [3.05, 3.63) is 23.3 Å². The Morgan fingerprint density at radius 2 is 2.46 bits per heavy atom. The van der Waals surface area contributed by atoms with E-state index in [0.717, 1.165) is 25.3 Å². The molecule has 0 radical (unpaired) electrons. The molecule has 0 saturated carbocycles. The Labute approximate surface area is 77.8 Å². The van der Waals surface area contributed by atoms with E-state index in [9.17, 15) is 0 Å². The Morgan fingerprint density at radius 3 is 3.23 bits per heavy atom. The van der Waals surface area contributed by atoms with Crippen molar-refractivity contribution in [1.82, 2.24) is 14.9 Å². The van der Waals surface area contributed by atoms with Crippen LogP contribution in [0.3, 0.4) is 0 Å². The molecule has 1 aliphatic rings. The first-order valence-corrected chi connectivity index (χ1v) is 4.52. The van der Waals surface area contributed by atoms with Gasteiger partial charge in [0.25, 0.3) is 0 Å². The van der Waals surface area contributed by atoms with E-state index in [1.54, 1.807) is 0 Å². The molecule has 2 rings (SSSR count). The van der Waals surface area contributed by atoms with Crippen molar-refractivity contribution in [2.24, 2.45) is 5.73 Å².